The molecule has 8 nitrogen and oxygen atoms in total. The maximum absolute atomic E-state index is 13.7. The van der Waals surface area contributed by atoms with Gasteiger partial charge in [0.2, 0.25) is 0 Å². The van der Waals surface area contributed by atoms with Crippen molar-refractivity contribution in [2.24, 2.45) is 22.2 Å². The molecule has 1 amide bonds. The Kier molecular flexibility index (Phi) is 6.91. The fourth-order valence-corrected chi connectivity index (χ4v) is 1.31. The van der Waals surface area contributed by atoms with Crippen LogP contribution in [0.3, 0.4) is 0 Å². The van der Waals surface area contributed by atoms with Crippen LogP contribution < -0.4 is 17.2 Å². The first-order valence-electron chi connectivity index (χ1n) is 6.15. The Balaban J connectivity index is 4.28. The van der Waals surface area contributed by atoms with Gasteiger partial charge in [-0.2, -0.15) is 5.12 Å². The van der Waals surface area contributed by atoms with E-state index in [1.54, 1.807) is 0 Å². The molecule has 0 saturated heterocycles. The van der Waals surface area contributed by atoms with Crippen molar-refractivity contribution in [2.45, 2.75) is 44.7 Å². The van der Waals surface area contributed by atoms with E-state index in [1.807, 2.05) is 0 Å². The number of aliphatic carboxylic acids is 1. The minimum atomic E-state index is -1.95. The summed E-state index contributed by atoms with van der Waals surface area (Å²) in [5, 5.41) is 8.49. The van der Waals surface area contributed by atoms with E-state index >= 15 is 0 Å². The number of carbonyl (C=O) groups is 2. The van der Waals surface area contributed by atoms with E-state index in [0.29, 0.717) is 19.4 Å². The van der Waals surface area contributed by atoms with Crippen LogP contribution >= 0.6 is 0 Å². The van der Waals surface area contributed by atoms with Crippen LogP contribution in [0.4, 0.5) is 4.48 Å². The molecule has 0 aromatic rings. The van der Waals surface area contributed by atoms with E-state index in [-0.39, 0.29) is 17.5 Å². The smallest absolute Gasteiger partial charge is 0.331 e. The number of amides is 1. The number of carboxylic acid groups (broad SMARTS) is 1. The Hall–Kier alpha value is -1.90. The van der Waals surface area contributed by atoms with Crippen molar-refractivity contribution < 1.29 is 19.2 Å². The Morgan fingerprint density at radius 2 is 1.90 bits per heavy atom. The number of guanidine groups is 1. The molecular formula is C11H22FN5O3. The summed E-state index contributed by atoms with van der Waals surface area (Å²) >= 11 is 0. The number of hydrogen-bond acceptors (Lipinski definition) is 4. The molecule has 0 saturated carbocycles. The molecule has 0 aromatic heterocycles. The molecule has 0 fully saturated rings. The van der Waals surface area contributed by atoms with Gasteiger partial charge in [-0.15, -0.1) is 0 Å². The molecule has 0 aromatic carbocycles. The van der Waals surface area contributed by atoms with E-state index < -0.39 is 23.5 Å². The highest BCUT2D eigenvalue weighted by atomic mass is 19.2. The van der Waals surface area contributed by atoms with E-state index in [2.05, 4.69) is 4.99 Å². The SMILES string of the molecule is CC(C)(C(=O)O)N(F)C(=O)[C@@H](N)CCCCN=C(N)N. The van der Waals surface area contributed by atoms with Gasteiger partial charge in [0.25, 0.3) is 5.91 Å². The number of nitrogens with two attached hydrogens (primary N) is 3. The number of nitrogens with zero attached hydrogens (tertiary/aromatic N) is 2. The maximum atomic E-state index is 13.7. The van der Waals surface area contributed by atoms with E-state index in [1.165, 1.54) is 0 Å². The van der Waals surface area contributed by atoms with Crippen LogP contribution in [0.25, 0.3) is 0 Å². The van der Waals surface area contributed by atoms with Crippen molar-refractivity contribution in [3.8, 4) is 0 Å². The molecule has 116 valence electrons. The third-order valence-electron chi connectivity index (χ3n) is 2.74. The van der Waals surface area contributed by atoms with Gasteiger partial charge in [-0.05, 0) is 33.1 Å². The van der Waals surface area contributed by atoms with Gasteiger partial charge in [-0.25, -0.2) is 4.79 Å². The molecule has 7 N–H and O–H groups in total. The molecule has 1 atom stereocenters. The highest BCUT2D eigenvalue weighted by Crippen LogP contribution is 2.17. The molecule has 0 radical (unpaired) electrons. The third kappa shape index (κ3) is 5.39. The van der Waals surface area contributed by atoms with Gasteiger partial charge < -0.3 is 22.3 Å². The van der Waals surface area contributed by atoms with Gasteiger partial charge in [0, 0.05) is 6.54 Å². The summed E-state index contributed by atoms with van der Waals surface area (Å²) in [6.45, 7) is 2.56. The lowest BCUT2D eigenvalue weighted by Gasteiger charge is -2.28. The average molecular weight is 291 g/mol. The second-order valence-electron chi connectivity index (χ2n) is 4.89. The Morgan fingerprint density at radius 1 is 1.35 bits per heavy atom. The van der Waals surface area contributed by atoms with Crippen LogP contribution in [0.15, 0.2) is 4.99 Å². The van der Waals surface area contributed by atoms with E-state index in [4.69, 9.17) is 22.3 Å². The fraction of sp³-hybridized carbons (Fsp3) is 0.727. The standard InChI is InChI=1S/C11H22FN5O3/c1-11(2,9(19)20)17(12)8(18)7(13)5-3-4-6-16-10(14)15/h7H,3-6,13H2,1-2H3,(H,19,20)(H4,14,15,16)/t7-/m0/s1. The monoisotopic (exact) mass is 291 g/mol. The van der Waals surface area contributed by atoms with E-state index in [0.717, 1.165) is 13.8 Å². The Bertz CT molecular complexity index is 382. The molecule has 0 aliphatic heterocycles. The van der Waals surface area contributed by atoms with Crippen LogP contribution in [0.1, 0.15) is 33.1 Å². The lowest BCUT2D eigenvalue weighted by atomic mass is 10.0. The second-order valence-corrected chi connectivity index (χ2v) is 4.89. The largest absolute Gasteiger partial charge is 0.479 e. The first-order valence-corrected chi connectivity index (χ1v) is 6.15. The predicted molar refractivity (Wildman–Crippen MR) is 72.2 cm³/mol. The summed E-state index contributed by atoms with van der Waals surface area (Å²) in [6, 6.07) is -1.10. The van der Waals surface area contributed by atoms with Crippen molar-refractivity contribution in [3.05, 3.63) is 0 Å². The molecule has 0 aliphatic rings. The number of unbranched alkanes of at least 4 members (excludes halogenated alkanes) is 1. The molecule has 0 heterocycles. The lowest BCUT2D eigenvalue weighted by Crippen LogP contribution is -2.53. The molecular weight excluding hydrogens is 269 g/mol. The molecule has 9 heteroatoms. The predicted octanol–water partition coefficient (Wildman–Crippen LogP) is -0.666. The Morgan fingerprint density at radius 3 is 2.35 bits per heavy atom. The molecule has 0 unspecified atom stereocenters. The minimum Gasteiger partial charge on any atom is -0.479 e. The summed E-state index contributed by atoms with van der Waals surface area (Å²) in [5.41, 5.74) is 13.9. The van der Waals surface area contributed by atoms with Crippen LogP contribution in [-0.2, 0) is 9.59 Å². The number of hydrogen-bond donors (Lipinski definition) is 4. The fourth-order valence-electron chi connectivity index (χ4n) is 1.31. The molecule has 0 bridgehead atoms. The van der Waals surface area contributed by atoms with Crippen LogP contribution in [-0.4, -0.2) is 46.2 Å². The number of carboxylic acids is 1. The minimum absolute atomic E-state index is 0.0245. The lowest BCUT2D eigenvalue weighted by molar-refractivity contribution is -0.177. The van der Waals surface area contributed by atoms with Gasteiger partial charge in [0.1, 0.15) is 0 Å². The number of carbonyl (C=O) groups excluding carboxylic acids is 1. The first kappa shape index (κ1) is 18.1. The van der Waals surface area contributed by atoms with Gasteiger partial charge in [0.05, 0.1) is 6.04 Å². The molecule has 0 aliphatic carbocycles. The van der Waals surface area contributed by atoms with Crippen LogP contribution in [0.2, 0.25) is 0 Å². The topological polar surface area (TPSA) is 148 Å². The molecule has 0 rings (SSSR count). The Labute approximate surface area is 116 Å². The number of halogens is 1. The quantitative estimate of drug-likeness (QED) is 0.202. The van der Waals surface area contributed by atoms with Crippen LogP contribution in [0, 0.1) is 0 Å². The van der Waals surface area contributed by atoms with Crippen molar-refractivity contribution in [3.63, 3.8) is 0 Å². The zero-order chi connectivity index (χ0) is 15.9. The average Bonchev–Trinajstić information content (AvgIpc) is 2.35. The van der Waals surface area contributed by atoms with E-state index in [9.17, 15) is 14.1 Å². The zero-order valence-electron chi connectivity index (χ0n) is 11.7. The molecule has 0 spiro atoms. The summed E-state index contributed by atoms with van der Waals surface area (Å²) in [4.78, 5) is 26.2. The van der Waals surface area contributed by atoms with Crippen molar-refractivity contribution in [2.75, 3.05) is 6.54 Å². The molecule has 20 heavy (non-hydrogen) atoms. The summed E-state index contributed by atoms with van der Waals surface area (Å²) < 4.78 is 13.7. The van der Waals surface area contributed by atoms with Gasteiger partial charge in [0.15, 0.2) is 11.5 Å². The van der Waals surface area contributed by atoms with Crippen molar-refractivity contribution in [1.82, 2.24) is 5.12 Å². The van der Waals surface area contributed by atoms with Gasteiger partial charge >= 0.3 is 5.97 Å². The normalized spacial score (nSPS) is 12.6. The van der Waals surface area contributed by atoms with Gasteiger partial charge in [-0.1, -0.05) is 4.48 Å². The summed E-state index contributed by atoms with van der Waals surface area (Å²) in [6.07, 6.45) is 1.33. The first-order chi connectivity index (χ1) is 9.10. The van der Waals surface area contributed by atoms with Crippen molar-refractivity contribution >= 4 is 17.8 Å². The van der Waals surface area contributed by atoms with Crippen molar-refractivity contribution in [1.29, 1.82) is 0 Å². The summed E-state index contributed by atoms with van der Waals surface area (Å²) in [7, 11) is 0. The number of rotatable bonds is 8. The highest BCUT2D eigenvalue weighted by Gasteiger charge is 2.40. The van der Waals surface area contributed by atoms with Crippen LogP contribution in [0.5, 0.6) is 0 Å². The van der Waals surface area contributed by atoms with Gasteiger partial charge in [-0.3, -0.25) is 9.79 Å². The highest BCUT2D eigenvalue weighted by molar-refractivity contribution is 5.88. The second kappa shape index (κ2) is 7.63. The third-order valence-corrected chi connectivity index (χ3v) is 2.74. The maximum Gasteiger partial charge on any atom is 0.331 e. The summed E-state index contributed by atoms with van der Waals surface area (Å²) in [5.74, 6) is -2.53. The zero-order valence-corrected chi connectivity index (χ0v) is 11.7. The number of aliphatic imine (C=N–C) groups is 1.